The molecular formula is C42H52N4O6S. The van der Waals surface area contributed by atoms with Crippen molar-refractivity contribution in [3.8, 4) is 16.9 Å². The second-order valence-corrected chi connectivity index (χ2v) is 14.8. The van der Waals surface area contributed by atoms with Crippen LogP contribution < -0.4 is 15.0 Å². The molecule has 282 valence electrons. The number of nitrogens with one attached hydrogen (secondary N) is 1. The molecule has 1 unspecified atom stereocenters. The molecule has 1 aliphatic rings. The number of carbonyl (C=O) groups is 2. The van der Waals surface area contributed by atoms with Crippen molar-refractivity contribution in [1.82, 2.24) is 9.55 Å². The maximum absolute atomic E-state index is 13.5. The van der Waals surface area contributed by atoms with Crippen LogP contribution in [0.4, 0.5) is 11.4 Å². The van der Waals surface area contributed by atoms with Crippen molar-refractivity contribution >= 4 is 40.5 Å². The van der Waals surface area contributed by atoms with E-state index in [0.717, 1.165) is 85.7 Å². The van der Waals surface area contributed by atoms with Crippen LogP contribution in [0.3, 0.4) is 0 Å². The Morgan fingerprint density at radius 3 is 2.49 bits per heavy atom. The van der Waals surface area contributed by atoms with E-state index in [4.69, 9.17) is 14.2 Å². The lowest BCUT2D eigenvalue weighted by Crippen LogP contribution is -2.22. The first-order valence-corrected chi connectivity index (χ1v) is 19.9. The number of aromatic nitrogens is 2. The second kappa shape index (κ2) is 20.0. The molecule has 1 amide bonds. The summed E-state index contributed by atoms with van der Waals surface area (Å²) < 4.78 is 31.9. The normalized spacial score (nSPS) is 15.0. The first-order chi connectivity index (χ1) is 25.7. The first-order valence-electron chi connectivity index (χ1n) is 18.5. The van der Waals surface area contributed by atoms with E-state index in [-0.39, 0.29) is 17.8 Å². The van der Waals surface area contributed by atoms with Crippen LogP contribution in [0.5, 0.6) is 5.75 Å². The second-order valence-electron chi connectivity index (χ2n) is 13.4. The molecule has 3 aromatic carbocycles. The molecule has 1 aliphatic heterocycles. The Morgan fingerprint density at radius 1 is 0.981 bits per heavy atom. The van der Waals surface area contributed by atoms with Crippen molar-refractivity contribution in [2.24, 2.45) is 5.92 Å². The lowest BCUT2D eigenvalue weighted by atomic mass is 9.99. The fourth-order valence-electron chi connectivity index (χ4n) is 6.22. The van der Waals surface area contributed by atoms with Crippen LogP contribution >= 0.6 is 0 Å². The van der Waals surface area contributed by atoms with Crippen molar-refractivity contribution in [2.75, 3.05) is 49.7 Å². The minimum atomic E-state index is -1.24. The van der Waals surface area contributed by atoms with Gasteiger partial charge in [0.2, 0.25) is 0 Å². The number of benzene rings is 3. The van der Waals surface area contributed by atoms with Gasteiger partial charge in [0, 0.05) is 56.0 Å². The average Bonchev–Trinajstić information content (AvgIpc) is 3.82. The molecule has 1 saturated heterocycles. The zero-order valence-corrected chi connectivity index (χ0v) is 32.2. The molecule has 11 heteroatoms. The van der Waals surface area contributed by atoms with Gasteiger partial charge < -0.3 is 33.5 Å². The number of unbranched alkanes of at least 4 members (excludes halogenated alkanes) is 1. The van der Waals surface area contributed by atoms with E-state index in [1.54, 1.807) is 43.7 Å². The highest BCUT2D eigenvalue weighted by molar-refractivity contribution is 7.90. The van der Waals surface area contributed by atoms with Gasteiger partial charge in [0.05, 0.1) is 31.4 Å². The predicted molar refractivity (Wildman–Crippen MR) is 211 cm³/mol. The summed E-state index contributed by atoms with van der Waals surface area (Å²) in [5.41, 5.74) is 6.07. The van der Waals surface area contributed by atoms with Crippen LogP contribution in [0.25, 0.3) is 17.2 Å². The van der Waals surface area contributed by atoms with Gasteiger partial charge >= 0.3 is 5.97 Å². The summed E-state index contributed by atoms with van der Waals surface area (Å²) in [7, 11) is 0. The Morgan fingerprint density at radius 2 is 1.75 bits per heavy atom. The maximum Gasteiger partial charge on any atom is 0.302 e. The number of hydrogen-bond acceptors (Lipinski definition) is 8. The number of rotatable bonds is 19. The standard InChI is InChI=1S/C42H52N4O6S/c1-5-7-21-50-22-23-51-39-13-8-34(9-14-39)35-10-17-41(45-20-18-33(27-45)28-52-32(4)47)36(25-35)24-31(3)42(48)44-37-11-15-40(16-12-37)53(49)29-38-26-43-30-46(38)19-6-2/h8-17,24-26,30,33H,5-7,18-23,27-29H2,1-4H3,(H,44,48)/t33?,53-/m0/s1. The average molecular weight is 741 g/mol. The van der Waals surface area contributed by atoms with E-state index in [2.05, 4.69) is 47.2 Å². The van der Waals surface area contributed by atoms with Gasteiger partial charge in [0.15, 0.2) is 10.6 Å². The highest BCUT2D eigenvalue weighted by Crippen LogP contribution is 2.33. The van der Waals surface area contributed by atoms with Crippen LogP contribution in [-0.4, -0.2) is 65.5 Å². The predicted octanol–water partition coefficient (Wildman–Crippen LogP) is 7.89. The Hall–Kier alpha value is -4.58. The van der Waals surface area contributed by atoms with E-state index in [0.29, 0.717) is 41.7 Å². The Labute approximate surface area is 316 Å². The maximum atomic E-state index is 13.5. The molecule has 0 spiro atoms. The van der Waals surface area contributed by atoms with E-state index in [9.17, 15) is 14.1 Å². The van der Waals surface area contributed by atoms with Gasteiger partial charge in [-0.05, 0) is 109 Å². The smallest absolute Gasteiger partial charge is 0.302 e. The summed E-state index contributed by atoms with van der Waals surface area (Å²) >= 11 is -1.24. The van der Waals surface area contributed by atoms with Gasteiger partial charge in [-0.25, -0.2) is 4.98 Å². The van der Waals surface area contributed by atoms with Crippen molar-refractivity contribution < 1.29 is 28.4 Å². The molecule has 1 fully saturated rings. The molecule has 2 atom stereocenters. The van der Waals surface area contributed by atoms with Gasteiger partial charge in [-0.1, -0.05) is 38.5 Å². The SMILES string of the molecule is CCCCOCCOc1ccc(-c2ccc(N3CCC(COC(C)=O)C3)c(C=C(C)C(=O)Nc3ccc([S@@+]([O-])Cc4cncn4CCC)cc3)c2)cc1. The summed E-state index contributed by atoms with van der Waals surface area (Å²) in [6.45, 7) is 12.1. The van der Waals surface area contributed by atoms with Crippen LogP contribution in [0.2, 0.25) is 0 Å². The number of aryl methyl sites for hydroxylation is 1. The topological polar surface area (TPSA) is 118 Å². The van der Waals surface area contributed by atoms with Crippen LogP contribution in [-0.2, 0) is 42.5 Å². The highest BCUT2D eigenvalue weighted by Gasteiger charge is 2.25. The molecule has 5 rings (SSSR count). The summed E-state index contributed by atoms with van der Waals surface area (Å²) in [6.07, 6.45) is 9.50. The number of hydrogen-bond donors (Lipinski definition) is 1. The summed E-state index contributed by atoms with van der Waals surface area (Å²) in [5, 5.41) is 3.00. The molecule has 0 radical (unpaired) electrons. The van der Waals surface area contributed by atoms with Crippen molar-refractivity contribution in [2.45, 2.75) is 70.6 Å². The Bertz CT molecular complexity index is 1810. The number of carbonyl (C=O) groups excluding carboxylic acids is 2. The van der Waals surface area contributed by atoms with E-state index >= 15 is 0 Å². The summed E-state index contributed by atoms with van der Waals surface area (Å²) in [5.74, 6) is 0.899. The molecule has 53 heavy (non-hydrogen) atoms. The van der Waals surface area contributed by atoms with Gasteiger partial charge in [0.25, 0.3) is 5.91 Å². The number of amides is 1. The van der Waals surface area contributed by atoms with Crippen LogP contribution in [0.15, 0.2) is 89.7 Å². The number of esters is 1. The lowest BCUT2D eigenvalue weighted by molar-refractivity contribution is -0.142. The lowest BCUT2D eigenvalue weighted by Gasteiger charge is -2.22. The number of nitrogens with zero attached hydrogens (tertiary/aromatic N) is 3. The molecular weight excluding hydrogens is 689 g/mol. The fraction of sp³-hybridized carbons (Fsp3) is 0.405. The van der Waals surface area contributed by atoms with Crippen LogP contribution in [0, 0.1) is 5.92 Å². The minimum Gasteiger partial charge on any atom is -0.611 e. The highest BCUT2D eigenvalue weighted by atomic mass is 32.2. The van der Waals surface area contributed by atoms with Crippen molar-refractivity contribution in [1.29, 1.82) is 0 Å². The fourth-order valence-corrected chi connectivity index (χ4v) is 7.33. The van der Waals surface area contributed by atoms with Crippen molar-refractivity contribution in [3.63, 3.8) is 0 Å². The third-order valence-corrected chi connectivity index (χ3v) is 10.5. The molecule has 4 aromatic rings. The third kappa shape index (κ3) is 11.7. The monoisotopic (exact) mass is 740 g/mol. The van der Waals surface area contributed by atoms with Gasteiger partial charge in [-0.15, -0.1) is 0 Å². The molecule has 1 aromatic heterocycles. The van der Waals surface area contributed by atoms with E-state index in [1.165, 1.54) is 6.92 Å². The first kappa shape index (κ1) is 39.6. The number of anilines is 2. The van der Waals surface area contributed by atoms with Crippen LogP contribution in [0.1, 0.15) is 64.6 Å². The summed E-state index contributed by atoms with van der Waals surface area (Å²) in [4.78, 5) is 32.1. The Kier molecular flexibility index (Phi) is 15.0. The van der Waals surface area contributed by atoms with Gasteiger partial charge in [-0.3, -0.25) is 9.59 Å². The molecule has 0 aliphatic carbocycles. The third-order valence-electron chi connectivity index (χ3n) is 9.15. The van der Waals surface area contributed by atoms with Gasteiger partial charge in [-0.2, -0.15) is 0 Å². The number of ether oxygens (including phenoxy) is 3. The largest absolute Gasteiger partial charge is 0.611 e. The quantitative estimate of drug-likeness (QED) is 0.0447. The van der Waals surface area contributed by atoms with E-state index in [1.807, 2.05) is 34.9 Å². The summed E-state index contributed by atoms with van der Waals surface area (Å²) in [6, 6.07) is 21.5. The molecule has 0 saturated carbocycles. The molecule has 0 bridgehead atoms. The van der Waals surface area contributed by atoms with Crippen molar-refractivity contribution in [3.05, 3.63) is 96.1 Å². The van der Waals surface area contributed by atoms with E-state index < -0.39 is 11.2 Å². The molecule has 2 heterocycles. The molecule has 10 nitrogen and oxygen atoms in total. The minimum absolute atomic E-state index is 0.229. The van der Waals surface area contributed by atoms with Gasteiger partial charge in [0.1, 0.15) is 12.4 Å². The zero-order valence-electron chi connectivity index (χ0n) is 31.3. The number of imidazole rings is 1. The Balaban J connectivity index is 1.29. The zero-order chi connectivity index (χ0) is 37.6. The molecule has 1 N–H and O–H groups in total.